The number of benzene rings is 2. The maximum Gasteiger partial charge on any atom is 0.248 e. The van der Waals surface area contributed by atoms with Crippen LogP contribution in [0, 0.1) is 11.3 Å². The first-order valence-electron chi connectivity index (χ1n) is 8.50. The number of nitriles is 1. The van der Waals surface area contributed by atoms with Crippen LogP contribution in [0.4, 0.5) is 5.69 Å². The van der Waals surface area contributed by atoms with Gasteiger partial charge in [-0.3, -0.25) is 9.59 Å². The molecule has 5 nitrogen and oxygen atoms in total. The predicted octanol–water partition coefficient (Wildman–Crippen LogP) is 3.68. The van der Waals surface area contributed by atoms with E-state index in [9.17, 15) is 9.59 Å². The quantitative estimate of drug-likeness (QED) is 0.832. The summed E-state index contributed by atoms with van der Waals surface area (Å²) in [6.45, 7) is 0. The molecule has 0 radical (unpaired) electrons. The number of nitrogens with zero attached hydrogens (tertiary/aromatic N) is 2. The number of rotatable bonds is 5. The average Bonchev–Trinajstić information content (AvgIpc) is 3.18. The monoisotopic (exact) mass is 399 g/mol. The van der Waals surface area contributed by atoms with Crippen LogP contribution >= 0.6 is 23.4 Å². The first-order valence-corrected chi connectivity index (χ1v) is 10.0. The van der Waals surface area contributed by atoms with E-state index in [1.54, 1.807) is 47.0 Å². The Hall–Kier alpha value is -2.49. The SMILES string of the molecule is N#Cc1ccc(NC(=O)C2CSCN2C(=O)CCc2ccccc2Cl)cc1. The summed E-state index contributed by atoms with van der Waals surface area (Å²) in [5.41, 5.74) is 2.07. The van der Waals surface area contributed by atoms with Crippen molar-refractivity contribution in [2.45, 2.75) is 18.9 Å². The molecule has 27 heavy (non-hydrogen) atoms. The predicted molar refractivity (Wildman–Crippen MR) is 108 cm³/mol. The topological polar surface area (TPSA) is 73.2 Å². The average molecular weight is 400 g/mol. The largest absolute Gasteiger partial charge is 0.324 e. The number of thioether (sulfide) groups is 1. The van der Waals surface area contributed by atoms with Crippen LogP contribution < -0.4 is 5.32 Å². The molecule has 1 aliphatic heterocycles. The molecule has 7 heteroatoms. The second-order valence-corrected chi connectivity index (χ2v) is 7.56. The van der Waals surface area contributed by atoms with Crippen molar-refractivity contribution in [1.29, 1.82) is 5.26 Å². The molecule has 1 fully saturated rings. The molecule has 1 saturated heterocycles. The van der Waals surface area contributed by atoms with Crippen LogP contribution in [0.25, 0.3) is 0 Å². The van der Waals surface area contributed by atoms with Crippen LogP contribution in [-0.2, 0) is 16.0 Å². The molecule has 0 aliphatic carbocycles. The number of anilines is 1. The fraction of sp³-hybridized carbons (Fsp3) is 0.250. The van der Waals surface area contributed by atoms with E-state index in [1.807, 2.05) is 24.3 Å². The molecule has 1 atom stereocenters. The van der Waals surface area contributed by atoms with E-state index >= 15 is 0 Å². The van der Waals surface area contributed by atoms with Gasteiger partial charge in [0.1, 0.15) is 6.04 Å². The number of amides is 2. The fourth-order valence-electron chi connectivity index (χ4n) is 2.85. The molecule has 1 unspecified atom stereocenters. The van der Waals surface area contributed by atoms with Crippen LogP contribution in [0.1, 0.15) is 17.5 Å². The Kier molecular flexibility index (Phi) is 6.38. The van der Waals surface area contributed by atoms with E-state index in [0.717, 1.165) is 5.56 Å². The molecule has 3 rings (SSSR count). The Morgan fingerprint density at radius 3 is 2.67 bits per heavy atom. The highest BCUT2D eigenvalue weighted by Crippen LogP contribution is 2.24. The maximum atomic E-state index is 12.6. The van der Waals surface area contributed by atoms with Crippen molar-refractivity contribution in [3.63, 3.8) is 0 Å². The smallest absolute Gasteiger partial charge is 0.248 e. The van der Waals surface area contributed by atoms with E-state index in [2.05, 4.69) is 5.32 Å². The summed E-state index contributed by atoms with van der Waals surface area (Å²) in [5, 5.41) is 12.3. The Morgan fingerprint density at radius 2 is 1.96 bits per heavy atom. The van der Waals surface area contributed by atoms with Gasteiger partial charge in [-0.25, -0.2) is 0 Å². The van der Waals surface area contributed by atoms with E-state index < -0.39 is 6.04 Å². The molecule has 0 spiro atoms. The van der Waals surface area contributed by atoms with Crippen molar-refractivity contribution in [2.24, 2.45) is 0 Å². The summed E-state index contributed by atoms with van der Waals surface area (Å²) < 4.78 is 0. The van der Waals surface area contributed by atoms with E-state index in [0.29, 0.717) is 40.7 Å². The summed E-state index contributed by atoms with van der Waals surface area (Å²) >= 11 is 7.71. The maximum absolute atomic E-state index is 12.6. The van der Waals surface area contributed by atoms with Crippen molar-refractivity contribution in [2.75, 3.05) is 16.9 Å². The number of carbonyl (C=O) groups is 2. The van der Waals surface area contributed by atoms with Crippen LogP contribution in [-0.4, -0.2) is 34.4 Å². The normalized spacial score (nSPS) is 16.0. The third-order valence-corrected chi connectivity index (χ3v) is 5.73. The van der Waals surface area contributed by atoms with Gasteiger partial charge in [0, 0.05) is 22.9 Å². The zero-order valence-electron chi connectivity index (χ0n) is 14.5. The number of nitrogens with one attached hydrogen (secondary N) is 1. The van der Waals surface area contributed by atoms with E-state index in [1.165, 1.54) is 0 Å². The molecule has 0 bridgehead atoms. The molecule has 1 N–H and O–H groups in total. The van der Waals surface area contributed by atoms with Gasteiger partial charge in [-0.05, 0) is 42.3 Å². The summed E-state index contributed by atoms with van der Waals surface area (Å²) in [7, 11) is 0. The van der Waals surface area contributed by atoms with Crippen molar-refractivity contribution < 1.29 is 9.59 Å². The Balaban J connectivity index is 1.60. The van der Waals surface area contributed by atoms with Crippen LogP contribution in [0.2, 0.25) is 5.02 Å². The molecule has 0 saturated carbocycles. The molecular formula is C20H18ClN3O2S. The lowest BCUT2D eigenvalue weighted by atomic mass is 10.1. The Morgan fingerprint density at radius 1 is 1.22 bits per heavy atom. The highest BCUT2D eigenvalue weighted by Gasteiger charge is 2.34. The minimum absolute atomic E-state index is 0.0556. The number of carbonyl (C=O) groups excluding carboxylic acids is 2. The standard InChI is InChI=1S/C20H18ClN3O2S/c21-17-4-2-1-3-15(17)7-10-19(25)24-13-27-12-18(24)20(26)23-16-8-5-14(11-22)6-9-16/h1-6,8-9,18H,7,10,12-13H2,(H,23,26). The molecule has 2 aromatic carbocycles. The lowest BCUT2D eigenvalue weighted by Crippen LogP contribution is -2.44. The highest BCUT2D eigenvalue weighted by molar-refractivity contribution is 7.99. The van der Waals surface area contributed by atoms with Crippen molar-refractivity contribution >= 4 is 40.9 Å². The molecule has 2 amide bonds. The zero-order chi connectivity index (χ0) is 19.2. The van der Waals surface area contributed by atoms with Gasteiger partial charge in [-0.2, -0.15) is 5.26 Å². The van der Waals surface area contributed by atoms with Gasteiger partial charge in [0.05, 0.1) is 17.5 Å². The van der Waals surface area contributed by atoms with Gasteiger partial charge >= 0.3 is 0 Å². The molecular weight excluding hydrogens is 382 g/mol. The van der Waals surface area contributed by atoms with Gasteiger partial charge in [0.2, 0.25) is 11.8 Å². The molecule has 1 heterocycles. The summed E-state index contributed by atoms with van der Waals surface area (Å²) in [6, 6.07) is 15.7. The van der Waals surface area contributed by atoms with Gasteiger partial charge in [0.25, 0.3) is 0 Å². The Labute approximate surface area is 167 Å². The van der Waals surface area contributed by atoms with Crippen molar-refractivity contribution in [3.8, 4) is 6.07 Å². The highest BCUT2D eigenvalue weighted by atomic mass is 35.5. The third kappa shape index (κ3) is 4.82. The lowest BCUT2D eigenvalue weighted by Gasteiger charge is -2.23. The van der Waals surface area contributed by atoms with Gasteiger partial charge in [-0.1, -0.05) is 29.8 Å². The lowest BCUT2D eigenvalue weighted by molar-refractivity contribution is -0.136. The molecule has 0 aromatic heterocycles. The van der Waals surface area contributed by atoms with Crippen LogP contribution in [0.15, 0.2) is 48.5 Å². The van der Waals surface area contributed by atoms with Gasteiger partial charge in [-0.15, -0.1) is 11.8 Å². The van der Waals surface area contributed by atoms with Crippen molar-refractivity contribution in [3.05, 3.63) is 64.7 Å². The first-order chi connectivity index (χ1) is 13.1. The van der Waals surface area contributed by atoms with Gasteiger partial charge in [0.15, 0.2) is 0 Å². The fourth-order valence-corrected chi connectivity index (χ4v) is 4.26. The first kappa shape index (κ1) is 19.3. The number of hydrogen-bond donors (Lipinski definition) is 1. The summed E-state index contributed by atoms with van der Waals surface area (Å²) in [6.07, 6.45) is 0.856. The van der Waals surface area contributed by atoms with Crippen molar-refractivity contribution in [1.82, 2.24) is 4.90 Å². The number of halogens is 1. The number of aryl methyl sites for hydroxylation is 1. The summed E-state index contributed by atoms with van der Waals surface area (Å²) in [5.74, 6) is 0.808. The minimum atomic E-state index is -0.496. The van der Waals surface area contributed by atoms with Crippen LogP contribution in [0.3, 0.4) is 0 Å². The second-order valence-electron chi connectivity index (χ2n) is 6.15. The number of hydrogen-bond acceptors (Lipinski definition) is 4. The zero-order valence-corrected chi connectivity index (χ0v) is 16.1. The molecule has 1 aliphatic rings. The second kappa shape index (κ2) is 8.94. The van der Waals surface area contributed by atoms with Gasteiger partial charge < -0.3 is 10.2 Å². The van der Waals surface area contributed by atoms with Crippen LogP contribution in [0.5, 0.6) is 0 Å². The molecule has 138 valence electrons. The Bertz CT molecular complexity index is 880. The van der Waals surface area contributed by atoms with E-state index in [-0.39, 0.29) is 11.8 Å². The van der Waals surface area contributed by atoms with E-state index in [4.69, 9.17) is 16.9 Å². The minimum Gasteiger partial charge on any atom is -0.324 e. The third-order valence-electron chi connectivity index (χ3n) is 4.35. The molecule has 2 aromatic rings. The summed E-state index contributed by atoms with van der Waals surface area (Å²) in [4.78, 5) is 26.9.